The summed E-state index contributed by atoms with van der Waals surface area (Å²) < 4.78 is 57.6. The van der Waals surface area contributed by atoms with E-state index in [1.807, 2.05) is 36.4 Å². The number of rotatable bonds is 9. The maximum absolute atomic E-state index is 12.6. The van der Waals surface area contributed by atoms with Crippen LogP contribution in [0.1, 0.15) is 11.1 Å². The number of hydrogen-bond donors (Lipinski definition) is 2. The van der Waals surface area contributed by atoms with Crippen LogP contribution in [0.3, 0.4) is 0 Å². The van der Waals surface area contributed by atoms with E-state index in [0.717, 1.165) is 8.92 Å². The van der Waals surface area contributed by atoms with Crippen LogP contribution in [-0.2, 0) is 20.0 Å². The van der Waals surface area contributed by atoms with Crippen molar-refractivity contribution in [3.8, 4) is 12.1 Å². The molecule has 190 valence electrons. The van der Waals surface area contributed by atoms with Crippen LogP contribution in [-0.4, -0.2) is 43.1 Å². The molecule has 12 heteroatoms. The predicted molar refractivity (Wildman–Crippen MR) is 148 cm³/mol. The molecule has 0 spiro atoms. The molecule has 4 rings (SSSR count). The molecular weight excluding hydrogens is 654 g/mol. The quantitative estimate of drug-likeness (QED) is 0.262. The Morgan fingerprint density at radius 2 is 0.816 bits per heavy atom. The van der Waals surface area contributed by atoms with E-state index in [-0.39, 0.29) is 36.1 Å². The average molecular weight is 673 g/mol. The number of nitrogens with one attached hydrogen (secondary N) is 2. The monoisotopic (exact) mass is 674 g/mol. The summed E-state index contributed by atoms with van der Waals surface area (Å²) in [6.07, 6.45) is 0. The van der Waals surface area contributed by atoms with Gasteiger partial charge in [-0.3, -0.25) is 0 Å². The summed E-state index contributed by atoms with van der Waals surface area (Å²) in [6, 6.07) is 29.7. The van der Waals surface area contributed by atoms with Crippen LogP contribution in [0.5, 0.6) is 0 Å². The zero-order valence-electron chi connectivity index (χ0n) is 19.4. The van der Waals surface area contributed by atoms with Crippen molar-refractivity contribution in [2.75, 3.05) is 9.44 Å². The van der Waals surface area contributed by atoms with Gasteiger partial charge in [-0.1, -0.05) is 0 Å². The molecule has 0 bridgehead atoms. The van der Waals surface area contributed by atoms with Gasteiger partial charge in [0.05, 0.1) is 0 Å². The van der Waals surface area contributed by atoms with Crippen molar-refractivity contribution < 1.29 is 16.8 Å². The van der Waals surface area contributed by atoms with Gasteiger partial charge in [-0.2, -0.15) is 0 Å². The Morgan fingerprint density at radius 1 is 0.500 bits per heavy atom. The van der Waals surface area contributed by atoms with E-state index in [2.05, 4.69) is 9.44 Å². The third kappa shape index (κ3) is 7.03. The van der Waals surface area contributed by atoms with Crippen LogP contribution in [0.15, 0.2) is 107 Å². The number of benzene rings is 4. The fourth-order valence-electron chi connectivity index (χ4n) is 3.10. The predicted octanol–water partition coefficient (Wildman–Crippen LogP) is 2.31. The summed E-state index contributed by atoms with van der Waals surface area (Å²) in [5.41, 5.74) is 1.66. The topological polar surface area (TPSA) is 140 Å². The summed E-state index contributed by atoms with van der Waals surface area (Å²) in [5.74, 6) is 0. The summed E-state index contributed by atoms with van der Waals surface area (Å²) in [7, 11) is -7.51. The number of hydrogen-bond acceptors (Lipinski definition) is 6. The van der Waals surface area contributed by atoms with Crippen molar-refractivity contribution >= 4 is 66.6 Å². The first-order valence-electron chi connectivity index (χ1n) is 10.8. The molecule has 0 aliphatic rings. The standard InChI is InChI=1S/C26H18N4O4S2Se2/c27-17-19-1-9-23(10-2-19)35(31,32)29-21-5-13-25(14-6-21)37-38-26-15-7-22(8-16-26)30-36(33,34)24-11-3-20(18-28)4-12-24/h1-16,29-30H. The Morgan fingerprint density at radius 3 is 1.11 bits per heavy atom. The fourth-order valence-corrected chi connectivity index (χ4v) is 11.2. The van der Waals surface area contributed by atoms with Gasteiger partial charge in [-0.15, -0.1) is 0 Å². The van der Waals surface area contributed by atoms with E-state index in [1.54, 1.807) is 24.3 Å². The second kappa shape index (κ2) is 11.8. The molecule has 38 heavy (non-hydrogen) atoms. The van der Waals surface area contributed by atoms with Gasteiger partial charge in [0.2, 0.25) is 0 Å². The minimum atomic E-state index is -3.76. The molecule has 0 aromatic heterocycles. The number of nitrogens with zero attached hydrogens (tertiary/aromatic N) is 2. The van der Waals surface area contributed by atoms with Crippen LogP contribution >= 0.6 is 0 Å². The number of sulfonamides is 2. The third-order valence-corrected chi connectivity index (χ3v) is 15.1. The fraction of sp³-hybridized carbons (Fsp3) is 0. The molecule has 2 N–H and O–H groups in total. The summed E-state index contributed by atoms with van der Waals surface area (Å²) in [5, 5.41) is 17.7. The SMILES string of the molecule is N#Cc1ccc(S(=O)(=O)Nc2ccc([Se][Se]c3ccc(NS(=O)(=O)c4ccc(C#N)cc4)cc3)cc2)cc1. The molecule has 0 unspecified atom stereocenters. The summed E-state index contributed by atoms with van der Waals surface area (Å²) in [6.45, 7) is 0. The molecule has 0 heterocycles. The van der Waals surface area contributed by atoms with Crippen LogP contribution in [0.2, 0.25) is 0 Å². The molecular formula is C26H18N4O4S2Se2. The van der Waals surface area contributed by atoms with Gasteiger partial charge in [0.15, 0.2) is 0 Å². The van der Waals surface area contributed by atoms with Crippen molar-refractivity contribution in [3.63, 3.8) is 0 Å². The molecule has 4 aromatic carbocycles. The van der Waals surface area contributed by atoms with Crippen LogP contribution in [0.25, 0.3) is 0 Å². The van der Waals surface area contributed by atoms with Gasteiger partial charge in [0.25, 0.3) is 0 Å². The first-order valence-corrected chi connectivity index (χ1v) is 19.8. The molecule has 0 aliphatic carbocycles. The van der Waals surface area contributed by atoms with E-state index in [1.165, 1.54) is 48.5 Å². The Kier molecular flexibility index (Phi) is 8.55. The van der Waals surface area contributed by atoms with Gasteiger partial charge < -0.3 is 0 Å². The van der Waals surface area contributed by atoms with Crippen molar-refractivity contribution in [2.24, 2.45) is 0 Å². The van der Waals surface area contributed by atoms with Crippen molar-refractivity contribution in [2.45, 2.75) is 9.79 Å². The van der Waals surface area contributed by atoms with E-state index in [9.17, 15) is 16.8 Å². The molecule has 0 amide bonds. The van der Waals surface area contributed by atoms with Gasteiger partial charge in [0, 0.05) is 0 Å². The first kappa shape index (κ1) is 27.4. The first-order chi connectivity index (χ1) is 18.2. The Hall–Kier alpha value is -3.60. The van der Waals surface area contributed by atoms with E-state index >= 15 is 0 Å². The van der Waals surface area contributed by atoms with Gasteiger partial charge >= 0.3 is 234 Å². The molecule has 0 fully saturated rings. The van der Waals surface area contributed by atoms with Gasteiger partial charge in [-0.05, 0) is 0 Å². The second-order valence-corrected chi connectivity index (χ2v) is 17.4. The van der Waals surface area contributed by atoms with E-state index in [4.69, 9.17) is 10.5 Å². The Balaban J connectivity index is 1.33. The summed E-state index contributed by atoms with van der Waals surface area (Å²) >= 11 is 0.280. The second-order valence-electron chi connectivity index (χ2n) is 7.70. The molecule has 0 atom stereocenters. The number of anilines is 2. The zero-order valence-corrected chi connectivity index (χ0v) is 24.5. The zero-order chi connectivity index (χ0) is 27.2. The molecule has 0 aliphatic heterocycles. The molecule has 8 nitrogen and oxygen atoms in total. The van der Waals surface area contributed by atoms with E-state index < -0.39 is 20.0 Å². The van der Waals surface area contributed by atoms with Gasteiger partial charge in [0.1, 0.15) is 0 Å². The van der Waals surface area contributed by atoms with Crippen LogP contribution in [0.4, 0.5) is 11.4 Å². The van der Waals surface area contributed by atoms with E-state index in [0.29, 0.717) is 22.5 Å². The Labute approximate surface area is 232 Å². The molecule has 4 aromatic rings. The van der Waals surface area contributed by atoms with Crippen molar-refractivity contribution in [1.29, 1.82) is 10.5 Å². The normalized spacial score (nSPS) is 11.2. The average Bonchev–Trinajstić information content (AvgIpc) is 2.93. The maximum atomic E-state index is 12.6. The number of nitriles is 2. The van der Waals surface area contributed by atoms with Crippen LogP contribution in [0, 0.1) is 22.7 Å². The molecule has 0 saturated heterocycles. The molecule has 0 saturated carbocycles. The minimum absolute atomic E-state index is 0.0794. The van der Waals surface area contributed by atoms with Gasteiger partial charge in [-0.25, -0.2) is 0 Å². The summed E-state index contributed by atoms with van der Waals surface area (Å²) in [4.78, 5) is 0.159. The third-order valence-electron chi connectivity index (χ3n) is 5.03. The van der Waals surface area contributed by atoms with Crippen molar-refractivity contribution in [1.82, 2.24) is 0 Å². The molecule has 0 radical (unpaired) electrons. The van der Waals surface area contributed by atoms with Crippen molar-refractivity contribution in [3.05, 3.63) is 108 Å². The van der Waals surface area contributed by atoms with Crippen LogP contribution < -0.4 is 18.4 Å². The Bertz CT molecular complexity index is 1600.